The van der Waals surface area contributed by atoms with Crippen molar-refractivity contribution in [1.82, 2.24) is 9.97 Å². The molecular formula is C26H25ClN6O4S. The van der Waals surface area contributed by atoms with Gasteiger partial charge in [0.2, 0.25) is 5.91 Å². The fourth-order valence-corrected chi connectivity index (χ4v) is 5.26. The minimum atomic E-state index is -2.53. The van der Waals surface area contributed by atoms with Crippen LogP contribution in [0.2, 0.25) is 5.02 Å². The largest absolute Gasteiger partial charge is 0.497 e. The minimum absolute atomic E-state index is 0.105. The topological polar surface area (TPSA) is 134 Å². The Kier molecular flexibility index (Phi) is 7.32. The van der Waals surface area contributed by atoms with E-state index in [1.807, 2.05) is 23.1 Å². The van der Waals surface area contributed by atoms with E-state index >= 15 is 0 Å². The third kappa shape index (κ3) is 5.08. The number of halogens is 1. The smallest absolute Gasteiger partial charge is 0.268 e. The maximum atomic E-state index is 12.8. The SMILES string of the molecule is COc1ccc(Cl)c(Nc2nc3ccccc3nc2N(c2cccc(N3CCC[C@H]3C(N)=O)c2)S(=O)O)c1. The molecule has 1 aliphatic rings. The highest BCUT2D eigenvalue weighted by atomic mass is 35.5. The van der Waals surface area contributed by atoms with Crippen LogP contribution in [0.4, 0.5) is 28.7 Å². The van der Waals surface area contributed by atoms with Gasteiger partial charge in [0.05, 0.1) is 34.5 Å². The maximum Gasteiger partial charge on any atom is 0.268 e. The molecule has 1 fully saturated rings. The van der Waals surface area contributed by atoms with Crippen molar-refractivity contribution in [2.75, 3.05) is 28.2 Å². The molecule has 196 valence electrons. The van der Waals surface area contributed by atoms with Crippen molar-refractivity contribution < 1.29 is 18.3 Å². The number of benzene rings is 3. The molecule has 0 spiro atoms. The Bertz CT molecular complexity index is 1540. The Hall–Kier alpha value is -3.93. The number of nitrogens with two attached hydrogens (primary N) is 1. The molecule has 0 bridgehead atoms. The predicted molar refractivity (Wildman–Crippen MR) is 150 cm³/mol. The number of anilines is 5. The molecule has 38 heavy (non-hydrogen) atoms. The molecule has 1 unspecified atom stereocenters. The zero-order valence-corrected chi connectivity index (χ0v) is 21.9. The van der Waals surface area contributed by atoms with Crippen LogP contribution in [0.25, 0.3) is 11.0 Å². The van der Waals surface area contributed by atoms with Crippen LogP contribution >= 0.6 is 11.6 Å². The van der Waals surface area contributed by atoms with Crippen LogP contribution in [0.3, 0.4) is 0 Å². The molecule has 0 radical (unpaired) electrons. The molecule has 12 heteroatoms. The van der Waals surface area contributed by atoms with Crippen LogP contribution < -0.4 is 25.0 Å². The number of rotatable bonds is 8. The van der Waals surface area contributed by atoms with E-state index in [1.54, 1.807) is 55.6 Å². The van der Waals surface area contributed by atoms with Crippen molar-refractivity contribution in [2.24, 2.45) is 5.73 Å². The molecule has 2 heterocycles. The maximum absolute atomic E-state index is 12.8. The van der Waals surface area contributed by atoms with Gasteiger partial charge in [0, 0.05) is 18.3 Å². The van der Waals surface area contributed by atoms with Crippen LogP contribution in [-0.2, 0) is 16.1 Å². The zero-order valence-electron chi connectivity index (χ0n) is 20.4. The van der Waals surface area contributed by atoms with Gasteiger partial charge in [-0.1, -0.05) is 29.8 Å². The lowest BCUT2D eigenvalue weighted by molar-refractivity contribution is -0.119. The molecule has 0 saturated carbocycles. The van der Waals surface area contributed by atoms with E-state index in [-0.39, 0.29) is 11.6 Å². The number of aromatic nitrogens is 2. The quantitative estimate of drug-likeness (QED) is 0.266. The van der Waals surface area contributed by atoms with Crippen LogP contribution in [-0.4, -0.2) is 44.3 Å². The van der Waals surface area contributed by atoms with Crippen molar-refractivity contribution in [1.29, 1.82) is 0 Å². The van der Waals surface area contributed by atoms with Gasteiger partial charge in [0.15, 0.2) is 11.6 Å². The summed E-state index contributed by atoms with van der Waals surface area (Å²) in [5.41, 5.74) is 8.29. The van der Waals surface area contributed by atoms with Gasteiger partial charge in [0.1, 0.15) is 11.8 Å². The molecule has 1 saturated heterocycles. The lowest BCUT2D eigenvalue weighted by Gasteiger charge is -2.27. The van der Waals surface area contributed by atoms with E-state index in [0.717, 1.165) is 10.7 Å². The number of carbonyl (C=O) groups is 1. The van der Waals surface area contributed by atoms with Gasteiger partial charge in [-0.05, 0) is 55.3 Å². The van der Waals surface area contributed by atoms with E-state index in [2.05, 4.69) is 5.32 Å². The molecule has 5 rings (SSSR count). The van der Waals surface area contributed by atoms with E-state index in [0.29, 0.717) is 51.8 Å². The number of hydrogen-bond donors (Lipinski definition) is 3. The zero-order chi connectivity index (χ0) is 26.8. The number of nitrogens with one attached hydrogen (secondary N) is 1. The Morgan fingerprint density at radius 3 is 2.63 bits per heavy atom. The Labute approximate surface area is 226 Å². The molecule has 4 N–H and O–H groups in total. The van der Waals surface area contributed by atoms with Gasteiger partial charge in [0.25, 0.3) is 11.3 Å². The molecule has 1 aromatic heterocycles. The number of nitrogens with zero attached hydrogens (tertiary/aromatic N) is 4. The number of methoxy groups -OCH3 is 1. The number of primary amides is 1. The molecule has 0 aliphatic carbocycles. The molecule has 3 aromatic carbocycles. The van der Waals surface area contributed by atoms with Crippen molar-refractivity contribution in [2.45, 2.75) is 18.9 Å². The van der Waals surface area contributed by atoms with E-state index in [1.165, 1.54) is 0 Å². The number of para-hydroxylation sites is 2. The summed E-state index contributed by atoms with van der Waals surface area (Å²) in [7, 11) is 1.54. The van der Waals surface area contributed by atoms with Crippen molar-refractivity contribution in [3.8, 4) is 5.75 Å². The van der Waals surface area contributed by atoms with Crippen LogP contribution in [0, 0.1) is 0 Å². The highest BCUT2D eigenvalue weighted by molar-refractivity contribution is 7.81. The lowest BCUT2D eigenvalue weighted by atomic mass is 10.2. The summed E-state index contributed by atoms with van der Waals surface area (Å²) < 4.78 is 29.8. The molecule has 1 amide bonds. The first-order valence-electron chi connectivity index (χ1n) is 11.8. The first-order valence-corrected chi connectivity index (χ1v) is 13.2. The van der Waals surface area contributed by atoms with E-state index in [9.17, 15) is 13.6 Å². The second kappa shape index (κ2) is 10.8. The highest BCUT2D eigenvalue weighted by Gasteiger charge is 2.30. The van der Waals surface area contributed by atoms with E-state index < -0.39 is 23.2 Å². The summed E-state index contributed by atoms with van der Waals surface area (Å²) in [5.74, 6) is 0.478. The van der Waals surface area contributed by atoms with E-state index in [4.69, 9.17) is 32.0 Å². The first kappa shape index (κ1) is 25.7. The Balaban J connectivity index is 1.63. The van der Waals surface area contributed by atoms with Crippen LogP contribution in [0.15, 0.2) is 66.7 Å². The third-order valence-corrected chi connectivity index (χ3v) is 7.33. The standard InChI is InChI=1S/C26H25ClN6O4S/c1-37-18-11-12-19(27)22(15-18)30-25-26(31-21-9-3-2-8-20(21)29-25)33(38(35)36)17-7-4-6-16(14-17)32-13-5-10-23(32)24(28)34/h2-4,6-9,11-12,14-15,23H,5,10,13H2,1H3,(H2,28,34)(H,29,30)(H,35,36)/t23-/m0/s1. The van der Waals surface area contributed by atoms with Gasteiger partial charge in [-0.15, -0.1) is 0 Å². The molecule has 2 atom stereocenters. The summed E-state index contributed by atoms with van der Waals surface area (Å²) in [4.78, 5) is 23.3. The number of amides is 1. The van der Waals surface area contributed by atoms with Crippen molar-refractivity contribution in [3.63, 3.8) is 0 Å². The lowest BCUT2D eigenvalue weighted by Crippen LogP contribution is -2.40. The van der Waals surface area contributed by atoms with Gasteiger partial charge in [-0.25, -0.2) is 18.5 Å². The fraction of sp³-hybridized carbons (Fsp3) is 0.192. The number of ether oxygens (including phenoxy) is 1. The summed E-state index contributed by atoms with van der Waals surface area (Å²) >= 11 is 3.90. The minimum Gasteiger partial charge on any atom is -0.497 e. The third-order valence-electron chi connectivity index (χ3n) is 6.30. The Morgan fingerprint density at radius 2 is 1.92 bits per heavy atom. The molecular weight excluding hydrogens is 528 g/mol. The second-order valence-electron chi connectivity index (χ2n) is 8.65. The molecule has 1 aliphatic heterocycles. The fourth-order valence-electron chi connectivity index (χ4n) is 4.53. The first-order chi connectivity index (χ1) is 18.4. The number of carbonyl (C=O) groups excluding carboxylic acids is 1. The Morgan fingerprint density at radius 1 is 1.16 bits per heavy atom. The van der Waals surface area contributed by atoms with Gasteiger partial charge < -0.3 is 20.7 Å². The average molecular weight is 553 g/mol. The second-order valence-corrected chi connectivity index (χ2v) is 9.89. The van der Waals surface area contributed by atoms with Crippen LogP contribution in [0.5, 0.6) is 5.75 Å². The van der Waals surface area contributed by atoms with Crippen LogP contribution in [0.1, 0.15) is 12.8 Å². The monoisotopic (exact) mass is 552 g/mol. The average Bonchev–Trinajstić information content (AvgIpc) is 3.41. The molecule has 4 aromatic rings. The van der Waals surface area contributed by atoms with Gasteiger partial charge in [-0.3, -0.25) is 9.35 Å². The summed E-state index contributed by atoms with van der Waals surface area (Å²) in [6.45, 7) is 0.649. The van der Waals surface area contributed by atoms with Crippen molar-refractivity contribution in [3.05, 3.63) is 71.8 Å². The number of fused-ring (bicyclic) bond motifs is 1. The summed E-state index contributed by atoms with van der Waals surface area (Å²) in [6, 6.07) is 18.9. The van der Waals surface area contributed by atoms with Gasteiger partial charge in [-0.2, -0.15) is 0 Å². The summed E-state index contributed by atoms with van der Waals surface area (Å²) in [5, 5.41) is 3.56. The van der Waals surface area contributed by atoms with Crippen molar-refractivity contribution >= 4 is 68.5 Å². The van der Waals surface area contributed by atoms with Gasteiger partial charge >= 0.3 is 0 Å². The summed E-state index contributed by atoms with van der Waals surface area (Å²) in [6.07, 6.45) is 1.47. The molecule has 10 nitrogen and oxygen atoms in total. The highest BCUT2D eigenvalue weighted by Crippen LogP contribution is 2.38. The normalized spacial score (nSPS) is 15.9. The predicted octanol–water partition coefficient (Wildman–Crippen LogP) is 4.76. The number of hydrogen-bond acceptors (Lipinski definition) is 7.